The first-order valence-corrected chi connectivity index (χ1v) is 33.1. The summed E-state index contributed by atoms with van der Waals surface area (Å²) in [6, 6.07) is 40.9. The molecule has 4 aliphatic heterocycles. The lowest BCUT2D eigenvalue weighted by Gasteiger charge is -2.20. The van der Waals surface area contributed by atoms with Gasteiger partial charge in [-0.15, -0.1) is 0 Å². The number of nitro groups is 1. The molecule has 0 saturated heterocycles. The summed E-state index contributed by atoms with van der Waals surface area (Å²) in [6.07, 6.45) is 8.21. The Morgan fingerprint density at radius 3 is 1.04 bits per heavy atom. The molecule has 4 heterocycles. The van der Waals surface area contributed by atoms with E-state index >= 15 is 0 Å². The normalized spacial score (nSPS) is 15.0. The quantitative estimate of drug-likeness (QED) is 0.0832. The zero-order chi connectivity index (χ0) is 72.6. The van der Waals surface area contributed by atoms with E-state index in [9.17, 15) is 23.3 Å². The van der Waals surface area contributed by atoms with Gasteiger partial charge in [0.15, 0.2) is 36.4 Å². The summed E-state index contributed by atoms with van der Waals surface area (Å²) in [6.45, 7) is 39.4. The monoisotopic (exact) mass is 1350 g/mol. The van der Waals surface area contributed by atoms with E-state index < -0.39 is 11.9 Å². The largest absolute Gasteiger partial charge is 0.493 e. The average Bonchev–Trinajstić information content (AvgIpc) is 1.69. The van der Waals surface area contributed by atoms with Crippen molar-refractivity contribution < 1.29 is 69.6 Å². The Bertz CT molecular complexity index is 4390. The van der Waals surface area contributed by atoms with E-state index in [2.05, 4.69) is 211 Å². The van der Waals surface area contributed by atoms with Gasteiger partial charge in [-0.2, -0.15) is 18.3 Å². The second kappa shape index (κ2) is 31.0. The van der Waals surface area contributed by atoms with Gasteiger partial charge in [0.1, 0.15) is 5.82 Å². The number of rotatable bonds is 8. The number of nitrogens with zero attached hydrogens (tertiary/aromatic N) is 5. The summed E-state index contributed by atoms with van der Waals surface area (Å²) in [5.41, 5.74) is 21.0. The molecule has 4 aliphatic rings. The van der Waals surface area contributed by atoms with Gasteiger partial charge in [0.2, 0.25) is 35.7 Å². The van der Waals surface area contributed by atoms with Crippen LogP contribution < -0.4 is 33.2 Å². The summed E-state index contributed by atoms with van der Waals surface area (Å²) in [5.74, 6) is 5.48. The summed E-state index contributed by atoms with van der Waals surface area (Å²) >= 11 is 0. The molecule has 0 unspecified atom stereocenters. The van der Waals surface area contributed by atoms with E-state index in [1.807, 2.05) is 35.4 Å². The molecule has 0 bridgehead atoms. The molecule has 0 atom stereocenters. The first-order valence-electron chi connectivity index (χ1n) is 33.1. The highest BCUT2D eigenvalue weighted by molar-refractivity contribution is 5.82. The minimum Gasteiger partial charge on any atom is -0.493 e. The van der Waals surface area contributed by atoms with Crippen molar-refractivity contribution in [1.29, 1.82) is 0 Å². The number of non-ortho nitro benzene ring substituents is 1. The Morgan fingerprint density at radius 1 is 0.424 bits per heavy atom. The fourth-order valence-corrected chi connectivity index (χ4v) is 12.0. The Hall–Kier alpha value is -9.77. The topological polar surface area (TPSA) is 120 Å². The van der Waals surface area contributed by atoms with Gasteiger partial charge in [-0.1, -0.05) is 125 Å². The van der Waals surface area contributed by atoms with Crippen LogP contribution in [-0.4, -0.2) is 103 Å². The van der Waals surface area contributed by atoms with Crippen LogP contribution in [0.5, 0.6) is 40.2 Å². The highest BCUT2D eigenvalue weighted by atomic mass is 19.3. The first kappa shape index (κ1) is 75.0. The van der Waals surface area contributed by atoms with Gasteiger partial charge in [-0.25, -0.2) is 13.2 Å². The number of hydrogen-bond donors (Lipinski definition) is 0. The molecule has 0 radical (unpaired) electrons. The molecule has 0 aromatic heterocycles. The van der Waals surface area contributed by atoms with Gasteiger partial charge >= 0.3 is 0 Å². The van der Waals surface area contributed by atoms with Crippen LogP contribution in [0.1, 0.15) is 161 Å². The van der Waals surface area contributed by atoms with Crippen molar-refractivity contribution in [3.63, 3.8) is 0 Å². The van der Waals surface area contributed by atoms with Crippen molar-refractivity contribution in [3.8, 4) is 40.2 Å². The van der Waals surface area contributed by atoms with Crippen LogP contribution in [0.3, 0.4) is 0 Å². The fourth-order valence-electron chi connectivity index (χ4n) is 12.0. The number of methoxy groups -OCH3 is 3. The van der Waals surface area contributed by atoms with E-state index in [1.54, 1.807) is 45.6 Å². The van der Waals surface area contributed by atoms with Crippen LogP contribution in [0.25, 0.3) is 0 Å². The van der Waals surface area contributed by atoms with Crippen molar-refractivity contribution in [2.45, 2.75) is 146 Å². The molecule has 0 spiro atoms. The second-order valence-electron chi connectivity index (χ2n) is 29.5. The maximum atomic E-state index is 13.0. The van der Waals surface area contributed by atoms with Gasteiger partial charge < -0.3 is 33.2 Å². The molecular weight excluding hydrogens is 1260 g/mol. The van der Waals surface area contributed by atoms with E-state index in [-0.39, 0.29) is 33.2 Å². The number of nitro benzene ring substituents is 1. The molecule has 0 amide bonds. The predicted molar refractivity (Wildman–Crippen MR) is 390 cm³/mol. The first-order chi connectivity index (χ1) is 46.5. The fraction of sp³-hybridized carbons (Fsp3) is 0.366. The minimum atomic E-state index is -1.75. The summed E-state index contributed by atoms with van der Waals surface area (Å²) in [7, 11) is 4.84. The highest BCUT2D eigenvalue weighted by Gasteiger charge is 2.37. The van der Waals surface area contributed by atoms with Crippen LogP contribution in [0.4, 0.5) is 41.6 Å². The van der Waals surface area contributed by atoms with Crippen LogP contribution in [-0.2, 0) is 21.7 Å². The molecule has 0 N–H and O–H groups in total. The number of benzene rings is 8. The molecular formula is C82H98F3N5O9+4. The molecule has 12 rings (SSSR count). The van der Waals surface area contributed by atoms with Crippen molar-refractivity contribution in [1.82, 2.24) is 0 Å². The Balaban J connectivity index is 0.000000166. The van der Waals surface area contributed by atoms with Gasteiger partial charge in [0, 0.05) is 80.9 Å². The molecule has 8 aromatic rings. The standard InChI is InChI=1S/C22H28NO4.C21H26NO.C19H21FNO.C19H21N2O3.CH2F2/c1-14-8-16(22(2,3)4)20-17(9-14)23(13-27-20)12-15-10-18(24-5)21(26-7)19(11-15)25-6;1-14-7-8-16(3)17(9-14)12-22-13-23-20-18(21(4,5)6)10-15(2)11-19(20)22;1-13-9-16(19(2,3)4)18-17(10-13)21(12-22-18)11-14-5-7-15(20)8-6-14;1-13-9-16(19(2,3)4)18-17(10-13)20(12-24-18)11-14-5-7-15(8-6-14)21(22)23;2-1-3/h8-12H,13H2,1-7H3;7-12H,13H2,1-6H3;5-11H,12H2,1-4H3;5-11H,12H2,1-4H3;1H2/q4*+1;/b23-12-;22-12-;21-11-;20-11-;. The lowest BCUT2D eigenvalue weighted by atomic mass is 9.85. The number of halogens is 3. The maximum absolute atomic E-state index is 13.0. The minimum absolute atomic E-state index is 0.000524. The third-order valence-electron chi connectivity index (χ3n) is 17.0. The molecule has 8 aromatic carbocycles. The zero-order valence-electron chi connectivity index (χ0n) is 61.5. The SMILES string of the molecule is COc1cc(/C=[N+]2/COc3c2cc(C)cc3C(C)(C)C)cc(OC)c1OC.Cc1cc2c(c(C(C)(C)C)c1)OC/[N+]2=C/c1ccc(F)cc1.Cc1cc2c(c(C(C)(C)C)c1)OC/[N+]2=C/c1ccc([N+](=O)[O-])cc1.Cc1ccc(C)c(/C=[N+]2/COc3c2cc(C)cc3C(C)(C)C)c1.FCF. The molecule has 522 valence electrons. The Kier molecular flexibility index (Phi) is 23.5. The van der Waals surface area contributed by atoms with E-state index in [0.29, 0.717) is 44.2 Å². The van der Waals surface area contributed by atoms with Crippen LogP contribution >= 0.6 is 0 Å². The van der Waals surface area contributed by atoms with Gasteiger partial charge in [-0.3, -0.25) is 10.1 Å². The van der Waals surface area contributed by atoms with E-state index in [0.717, 1.165) is 56.8 Å². The lowest BCUT2D eigenvalue weighted by Crippen LogP contribution is -2.12. The third-order valence-corrected chi connectivity index (χ3v) is 17.0. The number of hydrogen-bond acceptors (Lipinski definition) is 9. The van der Waals surface area contributed by atoms with Gasteiger partial charge in [-0.05, 0) is 146 Å². The maximum Gasteiger partial charge on any atom is 0.293 e. The van der Waals surface area contributed by atoms with Gasteiger partial charge in [0.05, 0.1) is 26.3 Å². The Labute approximate surface area is 583 Å². The van der Waals surface area contributed by atoms with Crippen LogP contribution in [0, 0.1) is 57.5 Å². The van der Waals surface area contributed by atoms with Crippen LogP contribution in [0.2, 0.25) is 0 Å². The number of alkyl halides is 2. The van der Waals surface area contributed by atoms with Crippen LogP contribution in [0.15, 0.2) is 127 Å². The molecule has 14 nitrogen and oxygen atoms in total. The molecule has 99 heavy (non-hydrogen) atoms. The van der Waals surface area contributed by atoms with E-state index in [4.69, 9.17) is 33.2 Å². The smallest absolute Gasteiger partial charge is 0.293 e. The lowest BCUT2D eigenvalue weighted by molar-refractivity contribution is -0.453. The Morgan fingerprint density at radius 2 is 0.737 bits per heavy atom. The summed E-state index contributed by atoms with van der Waals surface area (Å²) in [4.78, 5) is 10.4. The third kappa shape index (κ3) is 18.3. The molecule has 0 fully saturated rings. The van der Waals surface area contributed by atoms with Gasteiger partial charge in [0.25, 0.3) is 55.4 Å². The number of aryl methyl sites for hydroxylation is 6. The average molecular weight is 1350 g/mol. The highest BCUT2D eigenvalue weighted by Crippen LogP contribution is 2.47. The van der Waals surface area contributed by atoms with E-state index in [1.165, 1.54) is 91.2 Å². The number of ether oxygens (including phenoxy) is 7. The summed E-state index contributed by atoms with van der Waals surface area (Å²) in [5, 5.41) is 10.8. The van der Waals surface area contributed by atoms with Crippen molar-refractivity contribution in [2.24, 2.45) is 0 Å². The molecule has 17 heteroatoms. The van der Waals surface area contributed by atoms with Crippen molar-refractivity contribution in [3.05, 3.63) is 221 Å². The number of fused-ring (bicyclic) bond motifs is 4. The zero-order valence-corrected chi connectivity index (χ0v) is 61.5. The second-order valence-corrected chi connectivity index (χ2v) is 29.5. The van der Waals surface area contributed by atoms with Crippen molar-refractivity contribution in [2.75, 3.05) is 55.2 Å². The molecule has 0 aliphatic carbocycles. The van der Waals surface area contributed by atoms with Crippen molar-refractivity contribution >= 4 is 53.3 Å². The predicted octanol–water partition coefficient (Wildman–Crippen LogP) is 19.2. The summed E-state index contributed by atoms with van der Waals surface area (Å²) < 4.78 is 81.1. The molecule has 0 saturated carbocycles.